The molecular weight excluding hydrogens is 218 g/mol. The lowest BCUT2D eigenvalue weighted by molar-refractivity contribution is -0.140. The summed E-state index contributed by atoms with van der Waals surface area (Å²) in [6.45, 7) is -0.712. The second-order valence-electron chi connectivity index (χ2n) is 2.64. The van der Waals surface area contributed by atoms with Gasteiger partial charge in [-0.2, -0.15) is 5.10 Å². The summed E-state index contributed by atoms with van der Waals surface area (Å²) >= 11 is 0. The highest BCUT2D eigenvalue weighted by atomic mass is 16.4. The van der Waals surface area contributed by atoms with Crippen LogP contribution in [0.15, 0.2) is 12.4 Å². The maximum atomic E-state index is 11.2. The van der Waals surface area contributed by atoms with Gasteiger partial charge in [0.2, 0.25) is 0 Å². The van der Waals surface area contributed by atoms with Gasteiger partial charge in [0.1, 0.15) is 0 Å². The molecule has 0 aliphatic carbocycles. The van der Waals surface area contributed by atoms with E-state index in [1.807, 2.05) is 5.32 Å². The summed E-state index contributed by atoms with van der Waals surface area (Å²) in [4.78, 5) is 25.3. The van der Waals surface area contributed by atoms with Gasteiger partial charge >= 0.3 is 12.0 Å². The van der Waals surface area contributed by atoms with Crippen LogP contribution in [0.5, 0.6) is 0 Å². The van der Waals surface area contributed by atoms with Gasteiger partial charge in [-0.3, -0.25) is 5.32 Å². The van der Waals surface area contributed by atoms with Crippen LogP contribution in [0.1, 0.15) is 0 Å². The van der Waals surface area contributed by atoms with Gasteiger partial charge in [0.15, 0.2) is 6.04 Å². The van der Waals surface area contributed by atoms with Crippen LogP contribution >= 0.6 is 0 Å². The van der Waals surface area contributed by atoms with Crippen molar-refractivity contribution in [3.63, 3.8) is 0 Å². The molecule has 1 unspecified atom stereocenters. The minimum Gasteiger partial charge on any atom is -0.480 e. The second-order valence-corrected chi connectivity index (χ2v) is 2.64. The molecular formula is C7H9N5O4. The summed E-state index contributed by atoms with van der Waals surface area (Å²) in [7, 11) is 0. The summed E-state index contributed by atoms with van der Waals surface area (Å²) in [6, 6.07) is -2.22. The van der Waals surface area contributed by atoms with Gasteiger partial charge in [0, 0.05) is 0 Å². The molecule has 1 aromatic rings. The third-order valence-corrected chi connectivity index (χ3v) is 1.49. The van der Waals surface area contributed by atoms with Crippen molar-refractivity contribution in [1.82, 2.24) is 20.5 Å². The number of aliphatic carboxylic acids is 1. The molecule has 2 amide bonds. The average molecular weight is 227 g/mol. The van der Waals surface area contributed by atoms with Gasteiger partial charge in [0.05, 0.1) is 19.0 Å². The number of hydrogen-bond donors (Lipinski definition) is 4. The van der Waals surface area contributed by atoms with E-state index in [4.69, 9.17) is 10.2 Å². The highest BCUT2D eigenvalue weighted by Crippen LogP contribution is 1.92. The zero-order valence-corrected chi connectivity index (χ0v) is 7.99. The zero-order valence-electron chi connectivity index (χ0n) is 7.99. The summed E-state index contributed by atoms with van der Waals surface area (Å²) in [5.74, 6) is -1.41. The minimum atomic E-state index is -1.38. The Morgan fingerprint density at radius 3 is 2.69 bits per heavy atom. The largest absolute Gasteiger partial charge is 0.480 e. The SMILES string of the molecule is O=C(Nc1nccnn1)NC(CO)C(=O)O. The topological polar surface area (TPSA) is 137 Å². The molecule has 9 nitrogen and oxygen atoms in total. The molecule has 0 spiro atoms. The van der Waals surface area contributed by atoms with Crippen LogP contribution in [0.25, 0.3) is 0 Å². The van der Waals surface area contributed by atoms with E-state index in [0.717, 1.165) is 0 Å². The molecule has 0 aliphatic rings. The normalized spacial score (nSPS) is 11.6. The minimum absolute atomic E-state index is 0.0675. The Morgan fingerprint density at radius 1 is 1.44 bits per heavy atom. The van der Waals surface area contributed by atoms with E-state index < -0.39 is 24.6 Å². The maximum Gasteiger partial charge on any atom is 0.328 e. The highest BCUT2D eigenvalue weighted by Gasteiger charge is 2.18. The molecule has 0 fully saturated rings. The lowest BCUT2D eigenvalue weighted by Crippen LogP contribution is -2.45. The third kappa shape index (κ3) is 3.46. The lowest BCUT2D eigenvalue weighted by Gasteiger charge is -2.11. The first kappa shape index (κ1) is 11.8. The maximum absolute atomic E-state index is 11.2. The highest BCUT2D eigenvalue weighted by molar-refractivity contribution is 5.90. The Kier molecular flexibility index (Phi) is 4.09. The van der Waals surface area contributed by atoms with Crippen LogP contribution in [0.2, 0.25) is 0 Å². The fraction of sp³-hybridized carbons (Fsp3) is 0.286. The van der Waals surface area contributed by atoms with Crippen molar-refractivity contribution in [2.24, 2.45) is 0 Å². The number of carboxylic acid groups (broad SMARTS) is 1. The third-order valence-electron chi connectivity index (χ3n) is 1.49. The van der Waals surface area contributed by atoms with Gasteiger partial charge in [-0.15, -0.1) is 5.10 Å². The van der Waals surface area contributed by atoms with Gasteiger partial charge in [-0.1, -0.05) is 0 Å². The van der Waals surface area contributed by atoms with E-state index in [1.165, 1.54) is 12.4 Å². The van der Waals surface area contributed by atoms with Crippen molar-refractivity contribution in [3.05, 3.63) is 12.4 Å². The molecule has 0 saturated carbocycles. The Bertz CT molecular complexity index is 370. The summed E-state index contributed by atoms with van der Waals surface area (Å²) < 4.78 is 0. The number of amides is 2. The smallest absolute Gasteiger partial charge is 0.328 e. The van der Waals surface area contributed by atoms with E-state index in [2.05, 4.69) is 20.5 Å². The molecule has 1 heterocycles. The van der Waals surface area contributed by atoms with Crippen LogP contribution in [-0.2, 0) is 4.79 Å². The van der Waals surface area contributed by atoms with Crippen molar-refractivity contribution < 1.29 is 19.8 Å². The summed E-state index contributed by atoms with van der Waals surface area (Å²) in [5.41, 5.74) is 0. The van der Waals surface area contributed by atoms with Gasteiger partial charge in [0.25, 0.3) is 5.95 Å². The zero-order chi connectivity index (χ0) is 12.0. The molecule has 0 radical (unpaired) electrons. The Hall–Kier alpha value is -2.29. The number of anilines is 1. The van der Waals surface area contributed by atoms with Gasteiger partial charge < -0.3 is 15.5 Å². The Morgan fingerprint density at radius 2 is 2.19 bits per heavy atom. The molecule has 4 N–H and O–H groups in total. The number of urea groups is 1. The fourth-order valence-electron chi connectivity index (χ4n) is 0.786. The second kappa shape index (κ2) is 5.56. The molecule has 1 atom stereocenters. The van der Waals surface area contributed by atoms with Gasteiger partial charge in [-0.25, -0.2) is 14.6 Å². The van der Waals surface area contributed by atoms with E-state index >= 15 is 0 Å². The summed E-state index contributed by atoms with van der Waals surface area (Å²) in [6.07, 6.45) is 2.63. The van der Waals surface area contributed by atoms with Crippen LogP contribution in [0, 0.1) is 0 Å². The van der Waals surface area contributed by atoms with E-state index in [0.29, 0.717) is 0 Å². The van der Waals surface area contributed by atoms with Crippen LogP contribution < -0.4 is 10.6 Å². The van der Waals surface area contributed by atoms with Crippen molar-refractivity contribution in [2.45, 2.75) is 6.04 Å². The molecule has 0 saturated heterocycles. The number of aromatic nitrogens is 3. The number of aliphatic hydroxyl groups excluding tert-OH is 1. The van der Waals surface area contributed by atoms with Crippen molar-refractivity contribution >= 4 is 17.9 Å². The number of aliphatic hydroxyl groups is 1. The molecule has 0 aromatic carbocycles. The molecule has 86 valence electrons. The van der Waals surface area contributed by atoms with Crippen LogP contribution in [0.4, 0.5) is 10.7 Å². The molecule has 0 bridgehead atoms. The summed E-state index contributed by atoms with van der Waals surface area (Å²) in [5, 5.41) is 28.3. The van der Waals surface area contributed by atoms with Crippen LogP contribution in [-0.4, -0.2) is 50.0 Å². The fourth-order valence-corrected chi connectivity index (χ4v) is 0.786. The first-order valence-corrected chi connectivity index (χ1v) is 4.18. The Balaban J connectivity index is 2.50. The predicted molar refractivity (Wildman–Crippen MR) is 50.5 cm³/mol. The number of rotatable bonds is 4. The first-order valence-electron chi connectivity index (χ1n) is 4.18. The quantitative estimate of drug-likeness (QED) is 0.488. The monoisotopic (exact) mass is 227 g/mol. The molecule has 9 heteroatoms. The number of nitrogens with zero attached hydrogens (tertiary/aromatic N) is 3. The molecule has 16 heavy (non-hydrogen) atoms. The van der Waals surface area contributed by atoms with Crippen molar-refractivity contribution in [1.29, 1.82) is 0 Å². The number of nitrogens with one attached hydrogen (secondary N) is 2. The molecule has 1 rings (SSSR count). The number of carbonyl (C=O) groups excluding carboxylic acids is 1. The standard InChI is InChI=1S/C7H9N5O4/c13-3-4(5(14)15)10-7(16)11-6-8-1-2-9-12-6/h1-2,4,13H,3H2,(H,14,15)(H2,8,10,11,12,16). The van der Waals surface area contributed by atoms with Gasteiger partial charge in [-0.05, 0) is 0 Å². The number of carbonyl (C=O) groups is 2. The molecule has 1 aromatic heterocycles. The first-order chi connectivity index (χ1) is 7.63. The average Bonchev–Trinajstić information content (AvgIpc) is 2.27. The molecule has 0 aliphatic heterocycles. The number of hydrogen-bond acceptors (Lipinski definition) is 6. The van der Waals surface area contributed by atoms with E-state index in [9.17, 15) is 9.59 Å². The lowest BCUT2D eigenvalue weighted by atomic mass is 10.3. The Labute approximate surface area is 89.5 Å². The van der Waals surface area contributed by atoms with E-state index in [-0.39, 0.29) is 5.95 Å². The van der Waals surface area contributed by atoms with Crippen molar-refractivity contribution in [3.8, 4) is 0 Å². The van der Waals surface area contributed by atoms with Crippen molar-refractivity contribution in [2.75, 3.05) is 11.9 Å². The number of carboxylic acids is 1. The van der Waals surface area contributed by atoms with E-state index in [1.54, 1.807) is 0 Å². The van der Waals surface area contributed by atoms with Crippen LogP contribution in [0.3, 0.4) is 0 Å². The predicted octanol–water partition coefficient (Wildman–Crippen LogP) is -1.56.